The summed E-state index contributed by atoms with van der Waals surface area (Å²) in [6, 6.07) is 6.54. The molecule has 1 aromatic heterocycles. The zero-order valence-corrected chi connectivity index (χ0v) is 8.82. The fraction of sp³-hybridized carbons (Fsp3) is 0.385. The molecule has 3 rings (SSSR count). The zero-order valence-electron chi connectivity index (χ0n) is 8.82. The van der Waals surface area contributed by atoms with Gasteiger partial charge in [0.2, 0.25) is 0 Å². The molecule has 0 bridgehead atoms. The summed E-state index contributed by atoms with van der Waals surface area (Å²) in [5, 5.41) is 10.7. The third-order valence-corrected chi connectivity index (χ3v) is 3.40. The summed E-state index contributed by atoms with van der Waals surface area (Å²) in [5.74, 6) is 0.401. The van der Waals surface area contributed by atoms with E-state index in [-0.39, 0.29) is 17.3 Å². The van der Waals surface area contributed by atoms with Crippen LogP contribution in [-0.2, 0) is 0 Å². The van der Waals surface area contributed by atoms with E-state index < -0.39 is 6.10 Å². The molecule has 0 aliphatic heterocycles. The summed E-state index contributed by atoms with van der Waals surface area (Å²) in [4.78, 5) is 0. The van der Waals surface area contributed by atoms with Gasteiger partial charge in [0.25, 0.3) is 0 Å². The maximum atomic E-state index is 13.4. The number of aliphatic hydroxyl groups excluding tert-OH is 1. The van der Waals surface area contributed by atoms with Gasteiger partial charge in [-0.05, 0) is 30.9 Å². The number of benzene rings is 1. The van der Waals surface area contributed by atoms with Gasteiger partial charge in [-0.1, -0.05) is 18.6 Å². The third-order valence-electron chi connectivity index (χ3n) is 3.40. The average Bonchev–Trinajstić information content (AvgIpc) is 2.60. The first-order chi connectivity index (χ1) is 7.75. The topological polar surface area (TPSA) is 33.4 Å². The predicted octanol–water partition coefficient (Wildman–Crippen LogP) is 3.41. The van der Waals surface area contributed by atoms with Crippen molar-refractivity contribution in [1.29, 1.82) is 0 Å². The largest absolute Gasteiger partial charge is 0.455 e. The molecular formula is C13H13FO2. The Balaban J connectivity index is 2.01. The fourth-order valence-electron chi connectivity index (χ4n) is 2.18. The van der Waals surface area contributed by atoms with Crippen molar-refractivity contribution >= 4 is 11.0 Å². The molecule has 1 aliphatic carbocycles. The molecule has 3 heteroatoms. The van der Waals surface area contributed by atoms with Crippen LogP contribution < -0.4 is 0 Å². The molecule has 1 N–H and O–H groups in total. The van der Waals surface area contributed by atoms with E-state index in [1.807, 2.05) is 0 Å². The lowest BCUT2D eigenvalue weighted by atomic mass is 9.80. The van der Waals surface area contributed by atoms with E-state index in [9.17, 15) is 9.50 Å². The third kappa shape index (κ3) is 1.43. The first-order valence-electron chi connectivity index (χ1n) is 5.62. The Morgan fingerprint density at radius 2 is 2.19 bits per heavy atom. The zero-order chi connectivity index (χ0) is 11.1. The monoisotopic (exact) mass is 220 g/mol. The standard InChI is InChI=1S/C13H13FO2/c14-10-6-2-5-9-7-11(16-13(9)10)12(15)8-3-1-4-8/h2,5-8,12,15H,1,3-4H2. The highest BCUT2D eigenvalue weighted by atomic mass is 19.1. The highest BCUT2D eigenvalue weighted by molar-refractivity contribution is 5.78. The van der Waals surface area contributed by atoms with Gasteiger partial charge in [-0.25, -0.2) is 4.39 Å². The van der Waals surface area contributed by atoms with Crippen LogP contribution in [0.5, 0.6) is 0 Å². The first-order valence-corrected chi connectivity index (χ1v) is 5.62. The molecule has 16 heavy (non-hydrogen) atoms. The molecule has 1 aliphatic rings. The van der Waals surface area contributed by atoms with Gasteiger partial charge in [-0.15, -0.1) is 0 Å². The quantitative estimate of drug-likeness (QED) is 0.841. The Morgan fingerprint density at radius 3 is 2.81 bits per heavy atom. The molecular weight excluding hydrogens is 207 g/mol. The van der Waals surface area contributed by atoms with Crippen LogP contribution in [0.3, 0.4) is 0 Å². The molecule has 2 nitrogen and oxygen atoms in total. The van der Waals surface area contributed by atoms with Crippen LogP contribution in [0.15, 0.2) is 28.7 Å². The summed E-state index contributed by atoms with van der Waals surface area (Å²) in [6.45, 7) is 0. The molecule has 1 atom stereocenters. The van der Waals surface area contributed by atoms with Gasteiger partial charge in [0.15, 0.2) is 11.4 Å². The summed E-state index contributed by atoms with van der Waals surface area (Å²) in [6.07, 6.45) is 2.64. The lowest BCUT2D eigenvalue weighted by Crippen LogP contribution is -2.19. The highest BCUT2D eigenvalue weighted by Crippen LogP contribution is 2.39. The van der Waals surface area contributed by atoms with Gasteiger partial charge in [-0.2, -0.15) is 0 Å². The van der Waals surface area contributed by atoms with Crippen molar-refractivity contribution in [2.45, 2.75) is 25.4 Å². The number of furan rings is 1. The Morgan fingerprint density at radius 1 is 1.38 bits per heavy atom. The minimum Gasteiger partial charge on any atom is -0.455 e. The van der Waals surface area contributed by atoms with E-state index in [2.05, 4.69) is 0 Å². The smallest absolute Gasteiger partial charge is 0.170 e. The Labute approximate surface area is 92.7 Å². The van der Waals surface area contributed by atoms with Crippen molar-refractivity contribution in [2.75, 3.05) is 0 Å². The molecule has 1 unspecified atom stereocenters. The van der Waals surface area contributed by atoms with Crippen LogP contribution in [0.2, 0.25) is 0 Å². The van der Waals surface area contributed by atoms with Crippen molar-refractivity contribution in [3.8, 4) is 0 Å². The summed E-state index contributed by atoms with van der Waals surface area (Å²) < 4.78 is 18.8. The van der Waals surface area contributed by atoms with E-state index in [0.717, 1.165) is 19.3 Å². The van der Waals surface area contributed by atoms with Gasteiger partial charge in [0.1, 0.15) is 11.9 Å². The lowest BCUT2D eigenvalue weighted by molar-refractivity contribution is 0.0456. The Kier molecular flexibility index (Phi) is 2.21. The maximum Gasteiger partial charge on any atom is 0.170 e. The first kappa shape index (κ1) is 9.85. The Hall–Kier alpha value is -1.35. The molecule has 84 valence electrons. The second-order valence-electron chi connectivity index (χ2n) is 4.44. The molecule has 1 saturated carbocycles. The van der Waals surface area contributed by atoms with E-state index >= 15 is 0 Å². The number of aliphatic hydroxyl groups is 1. The molecule has 0 saturated heterocycles. The van der Waals surface area contributed by atoms with Gasteiger partial charge < -0.3 is 9.52 Å². The number of fused-ring (bicyclic) bond motifs is 1. The van der Waals surface area contributed by atoms with E-state index in [1.54, 1.807) is 18.2 Å². The van der Waals surface area contributed by atoms with Crippen LogP contribution in [0.25, 0.3) is 11.0 Å². The number of hydrogen-bond acceptors (Lipinski definition) is 2. The van der Waals surface area contributed by atoms with E-state index in [4.69, 9.17) is 4.42 Å². The molecule has 1 aromatic carbocycles. The summed E-state index contributed by atoms with van der Waals surface area (Å²) >= 11 is 0. The van der Waals surface area contributed by atoms with Crippen molar-refractivity contribution in [3.63, 3.8) is 0 Å². The fourth-order valence-corrected chi connectivity index (χ4v) is 2.18. The molecule has 2 aromatic rings. The molecule has 1 heterocycles. The van der Waals surface area contributed by atoms with Gasteiger partial charge in [-0.3, -0.25) is 0 Å². The van der Waals surface area contributed by atoms with Gasteiger partial charge in [0, 0.05) is 5.39 Å². The second-order valence-corrected chi connectivity index (χ2v) is 4.44. The normalized spacial score (nSPS) is 18.6. The highest BCUT2D eigenvalue weighted by Gasteiger charge is 2.29. The molecule has 1 fully saturated rings. The van der Waals surface area contributed by atoms with Gasteiger partial charge in [0.05, 0.1) is 0 Å². The van der Waals surface area contributed by atoms with E-state index in [1.165, 1.54) is 6.07 Å². The second kappa shape index (κ2) is 3.59. The number of para-hydroxylation sites is 1. The minimum atomic E-state index is -0.583. The Bertz CT molecular complexity index is 514. The minimum absolute atomic E-state index is 0.246. The van der Waals surface area contributed by atoms with Crippen molar-refractivity contribution < 1.29 is 13.9 Å². The van der Waals surface area contributed by atoms with Crippen molar-refractivity contribution in [1.82, 2.24) is 0 Å². The average molecular weight is 220 g/mol. The van der Waals surface area contributed by atoms with Crippen LogP contribution in [0.4, 0.5) is 4.39 Å². The van der Waals surface area contributed by atoms with Crippen molar-refractivity contribution in [3.05, 3.63) is 35.8 Å². The molecule has 0 spiro atoms. The van der Waals surface area contributed by atoms with Gasteiger partial charge >= 0.3 is 0 Å². The van der Waals surface area contributed by atoms with Crippen LogP contribution in [-0.4, -0.2) is 5.11 Å². The summed E-state index contributed by atoms with van der Waals surface area (Å²) in [7, 11) is 0. The lowest BCUT2D eigenvalue weighted by Gasteiger charge is -2.28. The molecule has 0 amide bonds. The molecule has 0 radical (unpaired) electrons. The predicted molar refractivity (Wildman–Crippen MR) is 58.5 cm³/mol. The number of hydrogen-bond donors (Lipinski definition) is 1. The van der Waals surface area contributed by atoms with Crippen molar-refractivity contribution in [2.24, 2.45) is 5.92 Å². The number of halogens is 1. The maximum absolute atomic E-state index is 13.4. The van der Waals surface area contributed by atoms with E-state index in [0.29, 0.717) is 11.1 Å². The summed E-state index contributed by atoms with van der Waals surface area (Å²) in [5.41, 5.74) is 0.246. The van der Waals surface area contributed by atoms with Crippen LogP contribution in [0.1, 0.15) is 31.1 Å². The van der Waals surface area contributed by atoms with Crippen LogP contribution in [0, 0.1) is 11.7 Å². The van der Waals surface area contributed by atoms with Crippen LogP contribution >= 0.6 is 0 Å². The number of rotatable bonds is 2. The SMILES string of the molecule is OC(c1cc2cccc(F)c2o1)C1CCC1.